The first kappa shape index (κ1) is 13.8. The Morgan fingerprint density at radius 2 is 2.32 bits per heavy atom. The highest BCUT2D eigenvalue weighted by molar-refractivity contribution is 5.45. The third-order valence-corrected chi connectivity index (χ3v) is 3.52. The van der Waals surface area contributed by atoms with Crippen molar-refractivity contribution in [3.63, 3.8) is 0 Å². The van der Waals surface area contributed by atoms with Crippen LogP contribution in [0.5, 0.6) is 5.75 Å². The number of nitro groups is 1. The lowest BCUT2D eigenvalue weighted by molar-refractivity contribution is -0.385. The normalized spacial score (nSPS) is 19.1. The largest absolute Gasteiger partial charge is 0.493 e. The number of nitrogens with one attached hydrogen (secondary N) is 1. The lowest BCUT2D eigenvalue weighted by Crippen LogP contribution is -2.35. The molecule has 1 saturated heterocycles. The second kappa shape index (κ2) is 6.52. The summed E-state index contributed by atoms with van der Waals surface area (Å²) in [6, 6.07) is 5.54. The maximum absolute atomic E-state index is 10.8. The first-order chi connectivity index (χ1) is 9.16. The Hall–Kier alpha value is -1.62. The van der Waals surface area contributed by atoms with Crippen LogP contribution >= 0.6 is 0 Å². The maximum atomic E-state index is 10.8. The fourth-order valence-corrected chi connectivity index (χ4v) is 2.37. The Morgan fingerprint density at radius 1 is 1.47 bits per heavy atom. The molecule has 19 heavy (non-hydrogen) atoms. The number of aryl methyl sites for hydroxylation is 1. The van der Waals surface area contributed by atoms with Gasteiger partial charge in [0.2, 0.25) is 0 Å². The van der Waals surface area contributed by atoms with E-state index in [0.29, 0.717) is 24.0 Å². The number of benzene rings is 1. The minimum Gasteiger partial charge on any atom is -0.493 e. The summed E-state index contributed by atoms with van der Waals surface area (Å²) in [6.45, 7) is 3.41. The summed E-state index contributed by atoms with van der Waals surface area (Å²) in [5, 5.41) is 14.3. The van der Waals surface area contributed by atoms with Crippen LogP contribution in [0.4, 0.5) is 5.69 Å². The van der Waals surface area contributed by atoms with E-state index in [-0.39, 0.29) is 10.6 Å². The Labute approximate surface area is 113 Å². The minimum absolute atomic E-state index is 0.119. The van der Waals surface area contributed by atoms with Gasteiger partial charge in [-0.2, -0.15) is 0 Å². The third-order valence-electron chi connectivity index (χ3n) is 3.52. The van der Waals surface area contributed by atoms with Crippen molar-refractivity contribution in [2.75, 3.05) is 13.2 Å². The highest BCUT2D eigenvalue weighted by Gasteiger charge is 2.14. The zero-order valence-corrected chi connectivity index (χ0v) is 11.2. The molecule has 1 aliphatic rings. The molecular weight excluding hydrogens is 244 g/mol. The van der Waals surface area contributed by atoms with Crippen LogP contribution in [0.1, 0.15) is 31.2 Å². The highest BCUT2D eigenvalue weighted by atomic mass is 16.6. The van der Waals surface area contributed by atoms with Gasteiger partial charge in [-0.3, -0.25) is 10.1 Å². The Morgan fingerprint density at radius 3 is 3.00 bits per heavy atom. The van der Waals surface area contributed by atoms with Gasteiger partial charge in [-0.25, -0.2) is 0 Å². The summed E-state index contributed by atoms with van der Waals surface area (Å²) in [5.74, 6) is 0.577. The Bertz CT molecular complexity index is 442. The van der Waals surface area contributed by atoms with Crippen molar-refractivity contribution in [1.82, 2.24) is 5.32 Å². The van der Waals surface area contributed by atoms with Crippen LogP contribution in [0.2, 0.25) is 0 Å². The fraction of sp³-hybridized carbons (Fsp3) is 0.571. The second-order valence-corrected chi connectivity index (χ2v) is 4.99. The summed E-state index contributed by atoms with van der Waals surface area (Å²) >= 11 is 0. The smallest absolute Gasteiger partial charge is 0.275 e. The molecule has 1 atom stereocenters. The highest BCUT2D eigenvalue weighted by Crippen LogP contribution is 2.24. The molecule has 5 nitrogen and oxygen atoms in total. The molecule has 2 rings (SSSR count). The van der Waals surface area contributed by atoms with Crippen molar-refractivity contribution in [3.05, 3.63) is 33.9 Å². The maximum Gasteiger partial charge on any atom is 0.275 e. The monoisotopic (exact) mass is 264 g/mol. The number of piperidine rings is 1. The molecule has 1 N–H and O–H groups in total. The van der Waals surface area contributed by atoms with Crippen molar-refractivity contribution < 1.29 is 9.66 Å². The van der Waals surface area contributed by atoms with Gasteiger partial charge in [0.15, 0.2) is 0 Å². The van der Waals surface area contributed by atoms with E-state index in [9.17, 15) is 10.1 Å². The Balaban J connectivity index is 1.85. The average Bonchev–Trinajstić information content (AvgIpc) is 2.41. The standard InChI is InChI=1S/C14H20N2O3/c1-11-5-6-13(10-14(11)16(17)18)19-9-7-12-4-2-3-8-15-12/h5-6,10,12,15H,2-4,7-9H2,1H3. The minimum atomic E-state index is -0.370. The third kappa shape index (κ3) is 3.92. The molecule has 104 valence electrons. The van der Waals surface area contributed by atoms with Gasteiger partial charge in [-0.15, -0.1) is 0 Å². The topological polar surface area (TPSA) is 64.4 Å². The molecule has 0 aliphatic carbocycles. The van der Waals surface area contributed by atoms with E-state index in [4.69, 9.17) is 4.74 Å². The number of nitrogens with zero attached hydrogens (tertiary/aromatic N) is 1. The molecule has 1 unspecified atom stereocenters. The molecule has 1 aromatic carbocycles. The molecule has 1 fully saturated rings. The van der Waals surface area contributed by atoms with E-state index in [1.807, 2.05) is 0 Å². The number of hydrogen-bond acceptors (Lipinski definition) is 4. The molecule has 1 heterocycles. The van der Waals surface area contributed by atoms with Crippen molar-refractivity contribution >= 4 is 5.69 Å². The quantitative estimate of drug-likeness (QED) is 0.656. The van der Waals surface area contributed by atoms with Gasteiger partial charge in [-0.1, -0.05) is 6.42 Å². The van der Waals surface area contributed by atoms with Crippen molar-refractivity contribution in [2.24, 2.45) is 0 Å². The van der Waals surface area contributed by atoms with Gasteiger partial charge >= 0.3 is 0 Å². The average molecular weight is 264 g/mol. The van der Waals surface area contributed by atoms with E-state index in [0.717, 1.165) is 13.0 Å². The van der Waals surface area contributed by atoms with E-state index in [1.54, 1.807) is 19.1 Å². The van der Waals surface area contributed by atoms with Gasteiger partial charge in [0.05, 0.1) is 17.6 Å². The first-order valence-electron chi connectivity index (χ1n) is 6.78. The summed E-state index contributed by atoms with van der Waals surface area (Å²) in [4.78, 5) is 10.5. The molecule has 1 aliphatic heterocycles. The van der Waals surface area contributed by atoms with Gasteiger partial charge in [-0.05, 0) is 44.9 Å². The molecule has 0 saturated carbocycles. The van der Waals surface area contributed by atoms with Gasteiger partial charge in [0.1, 0.15) is 5.75 Å². The van der Waals surface area contributed by atoms with E-state index in [2.05, 4.69) is 5.32 Å². The second-order valence-electron chi connectivity index (χ2n) is 4.99. The van der Waals surface area contributed by atoms with E-state index >= 15 is 0 Å². The summed E-state index contributed by atoms with van der Waals surface area (Å²) in [6.07, 6.45) is 4.66. The fourth-order valence-electron chi connectivity index (χ4n) is 2.37. The van der Waals surface area contributed by atoms with Crippen LogP contribution in [0, 0.1) is 17.0 Å². The molecule has 1 aromatic rings. The molecule has 0 bridgehead atoms. The van der Waals surface area contributed by atoms with Crippen LogP contribution in [0.15, 0.2) is 18.2 Å². The van der Waals surface area contributed by atoms with Gasteiger partial charge in [0.25, 0.3) is 5.69 Å². The molecule has 0 aromatic heterocycles. The zero-order chi connectivity index (χ0) is 13.7. The van der Waals surface area contributed by atoms with Crippen molar-refractivity contribution in [3.8, 4) is 5.75 Å². The predicted octanol–water partition coefficient (Wildman–Crippen LogP) is 2.81. The predicted molar refractivity (Wildman–Crippen MR) is 73.6 cm³/mol. The van der Waals surface area contributed by atoms with Crippen LogP contribution in [0.3, 0.4) is 0 Å². The number of ether oxygens (including phenoxy) is 1. The number of rotatable bonds is 5. The van der Waals surface area contributed by atoms with Crippen LogP contribution < -0.4 is 10.1 Å². The number of hydrogen-bond donors (Lipinski definition) is 1. The summed E-state index contributed by atoms with van der Waals surface area (Å²) < 4.78 is 5.61. The van der Waals surface area contributed by atoms with Crippen molar-refractivity contribution in [2.45, 2.75) is 38.6 Å². The number of nitro benzene ring substituents is 1. The van der Waals surface area contributed by atoms with Gasteiger partial charge in [0, 0.05) is 11.6 Å². The first-order valence-corrected chi connectivity index (χ1v) is 6.78. The van der Waals surface area contributed by atoms with Gasteiger partial charge < -0.3 is 10.1 Å². The van der Waals surface area contributed by atoms with E-state index < -0.39 is 0 Å². The zero-order valence-electron chi connectivity index (χ0n) is 11.2. The van der Waals surface area contributed by atoms with E-state index in [1.165, 1.54) is 25.3 Å². The van der Waals surface area contributed by atoms with Crippen molar-refractivity contribution in [1.29, 1.82) is 0 Å². The molecular formula is C14H20N2O3. The molecule has 0 spiro atoms. The molecule has 0 amide bonds. The summed E-state index contributed by atoms with van der Waals surface area (Å²) in [5.41, 5.74) is 0.777. The van der Waals surface area contributed by atoms with Crippen LogP contribution in [-0.2, 0) is 0 Å². The van der Waals surface area contributed by atoms with Crippen LogP contribution in [-0.4, -0.2) is 24.1 Å². The lowest BCUT2D eigenvalue weighted by Gasteiger charge is -2.23. The summed E-state index contributed by atoms with van der Waals surface area (Å²) in [7, 11) is 0. The molecule has 5 heteroatoms. The Kier molecular flexibility index (Phi) is 4.74. The SMILES string of the molecule is Cc1ccc(OCCC2CCCCN2)cc1[N+](=O)[O-]. The van der Waals surface area contributed by atoms with Crippen LogP contribution in [0.25, 0.3) is 0 Å². The lowest BCUT2D eigenvalue weighted by atomic mass is 10.0. The molecule has 0 radical (unpaired) electrons.